The van der Waals surface area contributed by atoms with Crippen LogP contribution in [0, 0.1) is 23.7 Å². The summed E-state index contributed by atoms with van der Waals surface area (Å²) >= 11 is 0. The van der Waals surface area contributed by atoms with Crippen LogP contribution in [0.15, 0.2) is 18.2 Å². The van der Waals surface area contributed by atoms with Gasteiger partial charge in [-0.25, -0.2) is 0 Å². The van der Waals surface area contributed by atoms with E-state index in [1.54, 1.807) is 0 Å². The Morgan fingerprint density at radius 3 is 2.47 bits per heavy atom. The molecule has 0 atom stereocenters. The Labute approximate surface area is 104 Å². The number of benzene rings is 1. The van der Waals surface area contributed by atoms with E-state index in [0.717, 1.165) is 29.9 Å². The van der Waals surface area contributed by atoms with Crippen molar-refractivity contribution < 1.29 is 0 Å². The Hall–Kier alpha value is -1.49. The molecule has 1 heterocycles. The molecule has 2 nitrogen and oxygen atoms in total. The van der Waals surface area contributed by atoms with Crippen LogP contribution < -0.4 is 4.90 Å². The molecule has 2 heteroatoms. The van der Waals surface area contributed by atoms with Gasteiger partial charge in [0.15, 0.2) is 0 Å². The van der Waals surface area contributed by atoms with Crippen LogP contribution in [0.3, 0.4) is 0 Å². The Bertz CT molecular complexity index is 444. The molecule has 1 fully saturated rings. The molecule has 1 aromatic rings. The van der Waals surface area contributed by atoms with E-state index >= 15 is 0 Å². The molecule has 2 rings (SSSR count). The van der Waals surface area contributed by atoms with Crippen molar-refractivity contribution in [3.63, 3.8) is 0 Å². The Balaban J connectivity index is 2.22. The first kappa shape index (κ1) is 12.0. The third-order valence-corrected chi connectivity index (χ3v) is 3.73. The van der Waals surface area contributed by atoms with Gasteiger partial charge in [-0.2, -0.15) is 5.26 Å². The highest BCUT2D eigenvalue weighted by atomic mass is 15.1. The molecule has 1 aliphatic rings. The summed E-state index contributed by atoms with van der Waals surface area (Å²) in [6.45, 7) is 8.80. The first-order valence-electron chi connectivity index (χ1n) is 6.27. The summed E-state index contributed by atoms with van der Waals surface area (Å²) in [4.78, 5) is 2.35. The zero-order valence-electron chi connectivity index (χ0n) is 11.0. The third-order valence-electron chi connectivity index (χ3n) is 3.73. The molecule has 0 amide bonds. The zero-order chi connectivity index (χ0) is 12.5. The van der Waals surface area contributed by atoms with Crippen LogP contribution in [0.4, 0.5) is 5.69 Å². The summed E-state index contributed by atoms with van der Waals surface area (Å²) in [5, 5.41) is 9.20. The van der Waals surface area contributed by atoms with Crippen molar-refractivity contribution in [2.24, 2.45) is 5.41 Å². The molecule has 0 aromatic heterocycles. The van der Waals surface area contributed by atoms with Crippen molar-refractivity contribution in [1.82, 2.24) is 0 Å². The molecule has 1 aromatic carbocycles. The topological polar surface area (TPSA) is 27.0 Å². The molecule has 1 saturated heterocycles. The van der Waals surface area contributed by atoms with Crippen molar-refractivity contribution in [2.75, 3.05) is 18.0 Å². The van der Waals surface area contributed by atoms with Gasteiger partial charge in [-0.05, 0) is 42.9 Å². The number of anilines is 1. The second-order valence-electron chi connectivity index (χ2n) is 5.78. The number of aryl methyl sites for hydroxylation is 1. The predicted molar refractivity (Wildman–Crippen MR) is 71.1 cm³/mol. The quantitative estimate of drug-likeness (QED) is 0.735. The maximum Gasteiger partial charge on any atom is 0.101 e. The normalized spacial score (nSPS) is 18.8. The largest absolute Gasteiger partial charge is 0.370 e. The van der Waals surface area contributed by atoms with Gasteiger partial charge in [-0.1, -0.05) is 19.9 Å². The summed E-state index contributed by atoms with van der Waals surface area (Å²) in [6, 6.07) is 8.48. The summed E-state index contributed by atoms with van der Waals surface area (Å²) < 4.78 is 0. The second kappa shape index (κ2) is 4.41. The van der Waals surface area contributed by atoms with Crippen LogP contribution in [-0.4, -0.2) is 13.1 Å². The molecular weight excluding hydrogens is 208 g/mol. The molecule has 0 radical (unpaired) electrons. The molecule has 0 saturated carbocycles. The van der Waals surface area contributed by atoms with Crippen molar-refractivity contribution in [2.45, 2.75) is 33.6 Å². The summed E-state index contributed by atoms with van der Waals surface area (Å²) in [6.07, 6.45) is 2.40. The highest BCUT2D eigenvalue weighted by Crippen LogP contribution is 2.33. The fourth-order valence-corrected chi connectivity index (χ4v) is 2.37. The average Bonchev–Trinajstić information content (AvgIpc) is 2.29. The fourth-order valence-electron chi connectivity index (χ4n) is 2.37. The van der Waals surface area contributed by atoms with E-state index in [0.29, 0.717) is 5.41 Å². The van der Waals surface area contributed by atoms with Gasteiger partial charge in [0.1, 0.15) is 6.07 Å². The van der Waals surface area contributed by atoms with Gasteiger partial charge in [0.25, 0.3) is 0 Å². The first-order valence-corrected chi connectivity index (χ1v) is 6.27. The second-order valence-corrected chi connectivity index (χ2v) is 5.78. The lowest BCUT2D eigenvalue weighted by molar-refractivity contribution is 0.280. The van der Waals surface area contributed by atoms with E-state index in [1.807, 2.05) is 13.0 Å². The number of hydrogen-bond donors (Lipinski definition) is 0. The van der Waals surface area contributed by atoms with Crippen molar-refractivity contribution >= 4 is 5.69 Å². The summed E-state index contributed by atoms with van der Waals surface area (Å²) in [7, 11) is 0. The standard InChI is InChI=1S/C15H20N2/c1-12-4-5-14(13(10-12)11-16)17-8-6-15(2,3)7-9-17/h4-5,10H,6-9H2,1-3H3. The van der Waals surface area contributed by atoms with Crippen LogP contribution in [-0.2, 0) is 0 Å². The number of rotatable bonds is 1. The average molecular weight is 228 g/mol. The molecule has 17 heavy (non-hydrogen) atoms. The van der Waals surface area contributed by atoms with Crippen LogP contribution in [0.25, 0.3) is 0 Å². The van der Waals surface area contributed by atoms with E-state index in [9.17, 15) is 5.26 Å². The highest BCUT2D eigenvalue weighted by Gasteiger charge is 2.26. The number of piperidine rings is 1. The van der Waals surface area contributed by atoms with E-state index < -0.39 is 0 Å². The summed E-state index contributed by atoms with van der Waals surface area (Å²) in [5.41, 5.74) is 3.52. The van der Waals surface area contributed by atoms with E-state index in [1.165, 1.54) is 12.8 Å². The predicted octanol–water partition coefficient (Wildman–Crippen LogP) is 3.49. The van der Waals surface area contributed by atoms with Gasteiger partial charge >= 0.3 is 0 Å². The molecule has 0 spiro atoms. The van der Waals surface area contributed by atoms with Gasteiger partial charge in [-0.3, -0.25) is 0 Å². The van der Waals surface area contributed by atoms with Crippen LogP contribution >= 0.6 is 0 Å². The molecule has 90 valence electrons. The minimum absolute atomic E-state index is 0.452. The van der Waals surface area contributed by atoms with Crippen molar-refractivity contribution in [3.8, 4) is 6.07 Å². The van der Waals surface area contributed by atoms with Crippen LogP contribution in [0.5, 0.6) is 0 Å². The molecule has 0 bridgehead atoms. The van der Waals surface area contributed by atoms with Crippen molar-refractivity contribution in [1.29, 1.82) is 5.26 Å². The minimum Gasteiger partial charge on any atom is -0.370 e. The van der Waals surface area contributed by atoms with Gasteiger partial charge in [-0.15, -0.1) is 0 Å². The lowest BCUT2D eigenvalue weighted by Gasteiger charge is -2.38. The van der Waals surface area contributed by atoms with E-state index in [2.05, 4.69) is 36.9 Å². The van der Waals surface area contributed by atoms with Gasteiger partial charge < -0.3 is 4.90 Å². The molecule has 0 aliphatic carbocycles. The SMILES string of the molecule is Cc1ccc(N2CCC(C)(C)CC2)c(C#N)c1. The summed E-state index contributed by atoms with van der Waals surface area (Å²) in [5.74, 6) is 0. The Morgan fingerprint density at radius 2 is 1.88 bits per heavy atom. The Kier molecular flexibility index (Phi) is 3.11. The van der Waals surface area contributed by atoms with Crippen molar-refractivity contribution in [3.05, 3.63) is 29.3 Å². The first-order chi connectivity index (χ1) is 8.02. The smallest absolute Gasteiger partial charge is 0.101 e. The molecule has 0 unspecified atom stereocenters. The lowest BCUT2D eigenvalue weighted by atomic mass is 9.82. The van der Waals surface area contributed by atoms with Gasteiger partial charge in [0.05, 0.1) is 11.3 Å². The molecule has 0 N–H and O–H groups in total. The minimum atomic E-state index is 0.452. The maximum atomic E-state index is 9.20. The van der Waals surface area contributed by atoms with Gasteiger partial charge in [0.2, 0.25) is 0 Å². The third kappa shape index (κ3) is 2.61. The number of hydrogen-bond acceptors (Lipinski definition) is 2. The number of nitriles is 1. The zero-order valence-corrected chi connectivity index (χ0v) is 11.0. The lowest BCUT2D eigenvalue weighted by Crippen LogP contribution is -2.37. The van der Waals surface area contributed by atoms with E-state index in [4.69, 9.17) is 0 Å². The molecular formula is C15H20N2. The fraction of sp³-hybridized carbons (Fsp3) is 0.533. The van der Waals surface area contributed by atoms with Crippen LogP contribution in [0.2, 0.25) is 0 Å². The number of nitrogens with zero attached hydrogens (tertiary/aromatic N) is 2. The van der Waals surface area contributed by atoms with E-state index in [-0.39, 0.29) is 0 Å². The maximum absolute atomic E-state index is 9.20. The Morgan fingerprint density at radius 1 is 1.24 bits per heavy atom. The van der Waals surface area contributed by atoms with Crippen LogP contribution in [0.1, 0.15) is 37.8 Å². The highest BCUT2D eigenvalue weighted by molar-refractivity contribution is 5.60. The molecule has 1 aliphatic heterocycles. The monoisotopic (exact) mass is 228 g/mol. The van der Waals surface area contributed by atoms with Gasteiger partial charge in [0, 0.05) is 13.1 Å².